The first-order valence-corrected chi connectivity index (χ1v) is 17.9. The van der Waals surface area contributed by atoms with Gasteiger partial charge in [-0.2, -0.15) is 0 Å². The van der Waals surface area contributed by atoms with Gasteiger partial charge in [-0.25, -0.2) is 0 Å². The van der Waals surface area contributed by atoms with E-state index in [1.165, 1.54) is 6.07 Å². The zero-order valence-corrected chi connectivity index (χ0v) is 29.2. The average Bonchev–Trinajstić information content (AvgIpc) is 3.41. The lowest BCUT2D eigenvalue weighted by Crippen LogP contribution is -2.68. The van der Waals surface area contributed by atoms with Crippen molar-refractivity contribution >= 4 is 40.1 Å². The summed E-state index contributed by atoms with van der Waals surface area (Å²) in [6, 6.07) is 4.04. The molecular weight excluding hydrogens is 745 g/mol. The number of piperazine rings is 2. The Morgan fingerprint density at radius 2 is 1.67 bits per heavy atom. The molecule has 5 rings (SSSR count). The molecule has 2 saturated heterocycles. The number of halogens is 1. The fraction of sp³-hybridized carbons (Fsp3) is 0.600. The van der Waals surface area contributed by atoms with E-state index in [4.69, 9.17) is 16.6 Å². The number of benzene rings is 1. The summed E-state index contributed by atoms with van der Waals surface area (Å²) >= 11 is 2.17. The second kappa shape index (κ2) is 17.3. The SMILES string of the molecule is [N-]=[N+]=NCC(CN=[N+]=[N-])N1CCN(C(=O)c2ccc(NC3=CC=C4C(N3)N(C3CCCCCC3)[C@H](CN=[N+]=[N-])C(=O)N4CI)c(O)c2)CC1. The summed E-state index contributed by atoms with van der Waals surface area (Å²) in [5, 5.41) is 28.9. The third kappa shape index (κ3) is 8.44. The largest absolute Gasteiger partial charge is 0.506 e. The maximum Gasteiger partial charge on any atom is 0.254 e. The summed E-state index contributed by atoms with van der Waals surface area (Å²) in [5.74, 6) is 0.210. The van der Waals surface area contributed by atoms with Crippen molar-refractivity contribution in [2.45, 2.75) is 62.8 Å². The monoisotopic (exact) mass is 785 g/mol. The van der Waals surface area contributed by atoms with Gasteiger partial charge in [0.25, 0.3) is 5.91 Å². The summed E-state index contributed by atoms with van der Waals surface area (Å²) in [6.45, 7) is 2.24. The minimum Gasteiger partial charge on any atom is -0.506 e. The zero-order chi connectivity index (χ0) is 34.8. The number of anilines is 1. The standard InChI is InChI=1S/C30H40IN15O3/c31-19-45-24-9-10-27(39-28(24)46(21-5-3-1-2-4-6-21)25(30(45)49)18-37-42-34)38-23-8-7-20(15-26(23)47)29(48)44-13-11-43(12-14-44)22(16-35-40-32)17-36-41-33/h7-10,15,21-22,25,28,38-39,47H,1-6,11-14,16-19H2/t25-,28?/m1/s1. The van der Waals surface area contributed by atoms with E-state index in [0.29, 0.717) is 47.8 Å². The highest BCUT2D eigenvalue weighted by Gasteiger charge is 2.47. The van der Waals surface area contributed by atoms with Crippen LogP contribution in [0.3, 0.4) is 0 Å². The average molecular weight is 786 g/mol. The zero-order valence-electron chi connectivity index (χ0n) is 27.1. The lowest BCUT2D eigenvalue weighted by Gasteiger charge is -2.51. The number of alkyl halides is 1. The molecule has 3 fully saturated rings. The number of fused-ring (bicyclic) bond motifs is 1. The lowest BCUT2D eigenvalue weighted by atomic mass is 9.97. The van der Waals surface area contributed by atoms with E-state index in [1.54, 1.807) is 21.9 Å². The molecule has 3 N–H and O–H groups in total. The molecule has 0 aromatic heterocycles. The number of amides is 2. The van der Waals surface area contributed by atoms with Gasteiger partial charge >= 0.3 is 0 Å². The highest BCUT2D eigenvalue weighted by molar-refractivity contribution is 14.1. The molecule has 19 heteroatoms. The van der Waals surface area contributed by atoms with Crippen molar-refractivity contribution in [3.8, 4) is 5.75 Å². The molecule has 1 aromatic carbocycles. The maximum absolute atomic E-state index is 13.7. The lowest BCUT2D eigenvalue weighted by molar-refractivity contribution is -0.142. The third-order valence-electron chi connectivity index (χ3n) is 9.54. The van der Waals surface area contributed by atoms with Crippen LogP contribution in [-0.2, 0) is 4.79 Å². The fourth-order valence-corrected chi connectivity index (χ4v) is 7.79. The van der Waals surface area contributed by atoms with E-state index in [9.17, 15) is 14.7 Å². The number of carbonyl (C=O) groups is 2. The predicted octanol–water partition coefficient (Wildman–Crippen LogP) is 5.14. The molecule has 3 heterocycles. The third-order valence-corrected chi connectivity index (χ3v) is 10.2. The molecular formula is C30H40IN15O3. The number of rotatable bonds is 12. The van der Waals surface area contributed by atoms with Gasteiger partial charge in [-0.05, 0) is 59.8 Å². The minimum absolute atomic E-state index is 0.0360. The molecule has 4 aliphatic rings. The fourth-order valence-electron chi connectivity index (χ4n) is 7.06. The highest BCUT2D eigenvalue weighted by atomic mass is 127. The molecule has 3 aliphatic heterocycles. The van der Waals surface area contributed by atoms with Gasteiger partial charge in [0.05, 0.1) is 28.5 Å². The van der Waals surface area contributed by atoms with Crippen LogP contribution in [-0.4, -0.2) is 111 Å². The van der Waals surface area contributed by atoms with Crippen molar-refractivity contribution in [3.05, 3.63) is 78.8 Å². The number of carbonyl (C=O) groups excluding carboxylic acids is 2. The predicted molar refractivity (Wildman–Crippen MR) is 191 cm³/mol. The van der Waals surface area contributed by atoms with Crippen LogP contribution in [0.15, 0.2) is 57.2 Å². The Bertz CT molecular complexity index is 1560. The first-order chi connectivity index (χ1) is 23.9. The second-order valence-corrected chi connectivity index (χ2v) is 13.0. The summed E-state index contributed by atoms with van der Waals surface area (Å²) < 4.78 is 0.444. The van der Waals surface area contributed by atoms with Gasteiger partial charge in [0.15, 0.2) is 0 Å². The normalized spacial score (nSPS) is 22.5. The van der Waals surface area contributed by atoms with Gasteiger partial charge in [-0.15, -0.1) is 0 Å². The Morgan fingerprint density at radius 1 is 1.00 bits per heavy atom. The van der Waals surface area contributed by atoms with Gasteiger partial charge in [0.1, 0.15) is 17.7 Å². The van der Waals surface area contributed by atoms with Crippen LogP contribution in [0.2, 0.25) is 0 Å². The molecule has 1 unspecified atom stereocenters. The minimum atomic E-state index is -0.605. The number of allylic oxidation sites excluding steroid dienone is 2. The first kappa shape index (κ1) is 35.9. The van der Waals surface area contributed by atoms with Crippen LogP contribution in [0.4, 0.5) is 5.69 Å². The molecule has 1 aromatic rings. The molecule has 260 valence electrons. The van der Waals surface area contributed by atoms with E-state index < -0.39 is 6.04 Å². The summed E-state index contributed by atoms with van der Waals surface area (Å²) in [4.78, 5) is 43.3. The van der Waals surface area contributed by atoms with Crippen LogP contribution in [0.25, 0.3) is 31.3 Å². The molecule has 0 radical (unpaired) electrons. The molecule has 2 amide bonds. The molecule has 0 spiro atoms. The number of nitrogens with zero attached hydrogens (tertiary/aromatic N) is 13. The van der Waals surface area contributed by atoms with Crippen LogP contribution in [0, 0.1) is 0 Å². The number of aromatic hydroxyl groups is 1. The Kier molecular flexibility index (Phi) is 12.7. The van der Waals surface area contributed by atoms with E-state index in [1.807, 2.05) is 17.1 Å². The van der Waals surface area contributed by atoms with E-state index in [-0.39, 0.29) is 55.4 Å². The second-order valence-electron chi connectivity index (χ2n) is 12.3. The number of hydrogen-bond acceptors (Lipinski definition) is 10. The summed E-state index contributed by atoms with van der Waals surface area (Å²) in [6.07, 6.45) is 9.70. The van der Waals surface area contributed by atoms with Crippen molar-refractivity contribution in [1.82, 2.24) is 24.9 Å². The molecule has 0 bridgehead atoms. The van der Waals surface area contributed by atoms with Crippen molar-refractivity contribution < 1.29 is 14.7 Å². The number of dihydropyridines is 1. The van der Waals surface area contributed by atoms with Gasteiger partial charge in [0, 0.05) is 71.7 Å². The Balaban J connectivity index is 1.29. The number of phenols is 1. The van der Waals surface area contributed by atoms with Crippen LogP contribution in [0.1, 0.15) is 48.9 Å². The Labute approximate surface area is 297 Å². The molecule has 49 heavy (non-hydrogen) atoms. The van der Waals surface area contributed by atoms with Gasteiger partial charge < -0.3 is 25.5 Å². The number of azide groups is 3. The van der Waals surface area contributed by atoms with Gasteiger partial charge in [0.2, 0.25) is 5.91 Å². The molecule has 1 saturated carbocycles. The molecule has 1 aliphatic carbocycles. The quantitative estimate of drug-likeness (QED) is 0.0376. The van der Waals surface area contributed by atoms with Crippen molar-refractivity contribution in [2.24, 2.45) is 15.3 Å². The maximum atomic E-state index is 13.7. The first-order valence-electron chi connectivity index (χ1n) is 16.4. The van der Waals surface area contributed by atoms with Crippen LogP contribution in [0.5, 0.6) is 5.75 Å². The highest BCUT2D eigenvalue weighted by Crippen LogP contribution is 2.35. The van der Waals surface area contributed by atoms with Crippen molar-refractivity contribution in [3.63, 3.8) is 0 Å². The van der Waals surface area contributed by atoms with Crippen molar-refractivity contribution in [1.29, 1.82) is 0 Å². The molecule has 18 nitrogen and oxygen atoms in total. The topological polar surface area (TPSA) is 238 Å². The molecule has 2 atom stereocenters. The Hall–Kier alpha value is -4.38. The summed E-state index contributed by atoms with van der Waals surface area (Å²) in [7, 11) is 0. The number of nitrogens with one attached hydrogen (secondary N) is 2. The van der Waals surface area contributed by atoms with Crippen LogP contribution < -0.4 is 10.6 Å². The van der Waals surface area contributed by atoms with E-state index in [0.717, 1.165) is 44.2 Å². The van der Waals surface area contributed by atoms with Crippen LogP contribution >= 0.6 is 22.6 Å². The van der Waals surface area contributed by atoms with E-state index in [2.05, 4.69) is 68.2 Å². The number of phenolic OH excluding ortho intramolecular Hbond substituents is 1. The van der Waals surface area contributed by atoms with Crippen molar-refractivity contribution in [2.75, 3.05) is 55.7 Å². The Morgan fingerprint density at radius 3 is 2.29 bits per heavy atom. The smallest absolute Gasteiger partial charge is 0.254 e. The van der Waals surface area contributed by atoms with Gasteiger partial charge in [-0.1, -0.05) is 63.6 Å². The number of hydrogen-bond donors (Lipinski definition) is 3. The summed E-state index contributed by atoms with van der Waals surface area (Å²) in [5.41, 5.74) is 28.1. The van der Waals surface area contributed by atoms with E-state index >= 15 is 0 Å². The van der Waals surface area contributed by atoms with Gasteiger partial charge in [-0.3, -0.25) is 19.4 Å².